The van der Waals surface area contributed by atoms with Crippen molar-refractivity contribution in [1.29, 1.82) is 0 Å². The number of nitrogens with zero attached hydrogens (tertiary/aromatic N) is 2. The largest absolute Gasteiger partial charge is 0.431 e. The van der Waals surface area contributed by atoms with Gasteiger partial charge in [0.25, 0.3) is 5.22 Å². The SMILES string of the molecule is Clc1cc(CSc2nc3ccccc3o2)cc(Cl)n1. The highest BCUT2D eigenvalue weighted by Gasteiger charge is 2.07. The third-order valence-electron chi connectivity index (χ3n) is 2.46. The van der Waals surface area contributed by atoms with E-state index >= 15 is 0 Å². The van der Waals surface area contributed by atoms with Gasteiger partial charge in [0.2, 0.25) is 0 Å². The van der Waals surface area contributed by atoms with E-state index in [0.717, 1.165) is 16.7 Å². The van der Waals surface area contributed by atoms with Gasteiger partial charge in [0.15, 0.2) is 5.58 Å². The van der Waals surface area contributed by atoms with E-state index in [-0.39, 0.29) is 0 Å². The number of benzene rings is 1. The summed E-state index contributed by atoms with van der Waals surface area (Å²) < 4.78 is 5.62. The van der Waals surface area contributed by atoms with Crippen molar-refractivity contribution in [3.8, 4) is 0 Å². The monoisotopic (exact) mass is 310 g/mol. The Bertz CT molecular complexity index is 676. The van der Waals surface area contributed by atoms with Gasteiger partial charge < -0.3 is 4.42 Å². The summed E-state index contributed by atoms with van der Waals surface area (Å²) in [6.45, 7) is 0. The van der Waals surface area contributed by atoms with Crippen LogP contribution < -0.4 is 0 Å². The lowest BCUT2D eigenvalue weighted by Crippen LogP contribution is -1.84. The minimum Gasteiger partial charge on any atom is -0.431 e. The van der Waals surface area contributed by atoms with E-state index in [4.69, 9.17) is 27.6 Å². The summed E-state index contributed by atoms with van der Waals surface area (Å²) in [5.41, 5.74) is 2.63. The highest BCUT2D eigenvalue weighted by Crippen LogP contribution is 2.27. The molecular formula is C13H8Cl2N2OS. The molecule has 2 heterocycles. The van der Waals surface area contributed by atoms with Crippen LogP contribution in [0.25, 0.3) is 11.1 Å². The lowest BCUT2D eigenvalue weighted by atomic mass is 10.3. The maximum Gasteiger partial charge on any atom is 0.257 e. The lowest BCUT2D eigenvalue weighted by Gasteiger charge is -2.00. The van der Waals surface area contributed by atoms with Gasteiger partial charge in [0.05, 0.1) is 0 Å². The molecule has 96 valence electrons. The molecule has 19 heavy (non-hydrogen) atoms. The van der Waals surface area contributed by atoms with Crippen molar-refractivity contribution < 1.29 is 4.42 Å². The predicted molar refractivity (Wildman–Crippen MR) is 77.8 cm³/mol. The summed E-state index contributed by atoms with van der Waals surface area (Å²) in [5, 5.41) is 1.41. The van der Waals surface area contributed by atoms with E-state index in [9.17, 15) is 0 Å². The molecule has 0 fully saturated rings. The number of halogens is 2. The van der Waals surface area contributed by atoms with E-state index in [2.05, 4.69) is 9.97 Å². The Morgan fingerprint density at radius 3 is 2.53 bits per heavy atom. The molecule has 0 spiro atoms. The zero-order chi connectivity index (χ0) is 13.2. The normalized spacial score (nSPS) is 11.1. The molecule has 3 aromatic rings. The second kappa shape index (κ2) is 5.41. The number of hydrogen-bond acceptors (Lipinski definition) is 4. The summed E-state index contributed by atoms with van der Waals surface area (Å²) in [7, 11) is 0. The molecule has 2 aromatic heterocycles. The van der Waals surface area contributed by atoms with Crippen LogP contribution in [0.3, 0.4) is 0 Å². The van der Waals surface area contributed by atoms with Gasteiger partial charge in [0, 0.05) is 5.75 Å². The quantitative estimate of drug-likeness (QED) is 0.513. The molecule has 0 aliphatic rings. The van der Waals surface area contributed by atoms with Gasteiger partial charge in [-0.25, -0.2) is 9.97 Å². The van der Waals surface area contributed by atoms with Crippen molar-refractivity contribution in [2.24, 2.45) is 0 Å². The maximum absolute atomic E-state index is 5.85. The standard InChI is InChI=1S/C13H8Cl2N2OS/c14-11-5-8(6-12(15)17-11)7-19-13-16-9-3-1-2-4-10(9)18-13/h1-6H,7H2. The Hall–Kier alpha value is -1.23. The van der Waals surface area contributed by atoms with Gasteiger partial charge in [-0.05, 0) is 29.8 Å². The molecule has 0 radical (unpaired) electrons. The molecule has 0 unspecified atom stereocenters. The number of thioether (sulfide) groups is 1. The topological polar surface area (TPSA) is 38.9 Å². The van der Waals surface area contributed by atoms with Crippen LogP contribution in [0.5, 0.6) is 0 Å². The molecule has 0 amide bonds. The fourth-order valence-corrected chi connectivity index (χ4v) is 2.93. The van der Waals surface area contributed by atoms with Gasteiger partial charge in [-0.1, -0.05) is 47.1 Å². The fourth-order valence-electron chi connectivity index (χ4n) is 1.66. The van der Waals surface area contributed by atoms with Crippen LogP contribution in [0.4, 0.5) is 0 Å². The fraction of sp³-hybridized carbons (Fsp3) is 0.0769. The first-order valence-electron chi connectivity index (χ1n) is 5.51. The number of aromatic nitrogens is 2. The summed E-state index contributed by atoms with van der Waals surface area (Å²) in [6.07, 6.45) is 0. The number of rotatable bonds is 3. The highest BCUT2D eigenvalue weighted by molar-refractivity contribution is 7.98. The average Bonchev–Trinajstić information content (AvgIpc) is 2.78. The van der Waals surface area contributed by atoms with E-state index in [1.807, 2.05) is 24.3 Å². The van der Waals surface area contributed by atoms with E-state index in [1.54, 1.807) is 12.1 Å². The molecule has 0 bridgehead atoms. The third kappa shape index (κ3) is 3.03. The van der Waals surface area contributed by atoms with E-state index in [0.29, 0.717) is 21.3 Å². The molecule has 0 aliphatic carbocycles. The molecule has 6 heteroatoms. The summed E-state index contributed by atoms with van der Waals surface area (Å²) in [4.78, 5) is 8.29. The second-order valence-corrected chi connectivity index (χ2v) is 5.56. The Labute approximate surface area is 123 Å². The molecular weight excluding hydrogens is 303 g/mol. The lowest BCUT2D eigenvalue weighted by molar-refractivity contribution is 0.489. The smallest absolute Gasteiger partial charge is 0.257 e. The van der Waals surface area contributed by atoms with Gasteiger partial charge >= 0.3 is 0 Å². The van der Waals surface area contributed by atoms with Crippen LogP contribution >= 0.6 is 35.0 Å². The molecule has 1 aromatic carbocycles. The van der Waals surface area contributed by atoms with Crippen molar-refractivity contribution in [3.63, 3.8) is 0 Å². The van der Waals surface area contributed by atoms with Gasteiger partial charge in [-0.15, -0.1) is 0 Å². The first-order valence-corrected chi connectivity index (χ1v) is 7.25. The van der Waals surface area contributed by atoms with Crippen molar-refractivity contribution in [1.82, 2.24) is 9.97 Å². The maximum atomic E-state index is 5.85. The molecule has 0 aliphatic heterocycles. The van der Waals surface area contributed by atoms with Crippen LogP contribution in [-0.2, 0) is 5.75 Å². The molecule has 0 atom stereocenters. The summed E-state index contributed by atoms with van der Waals surface area (Å²) >= 11 is 13.2. The van der Waals surface area contributed by atoms with Gasteiger partial charge in [-0.3, -0.25) is 0 Å². The number of fused-ring (bicyclic) bond motifs is 1. The molecule has 3 nitrogen and oxygen atoms in total. The van der Waals surface area contributed by atoms with Crippen LogP contribution in [0, 0.1) is 0 Å². The Balaban J connectivity index is 1.78. The zero-order valence-corrected chi connectivity index (χ0v) is 12.0. The number of para-hydroxylation sites is 2. The summed E-state index contributed by atoms with van der Waals surface area (Å²) in [6, 6.07) is 11.2. The second-order valence-electron chi connectivity index (χ2n) is 3.86. The molecule has 0 saturated carbocycles. The Kier molecular flexibility index (Phi) is 3.64. The third-order valence-corrected chi connectivity index (χ3v) is 3.75. The number of oxazole rings is 1. The van der Waals surface area contributed by atoms with Crippen molar-refractivity contribution in [3.05, 3.63) is 52.3 Å². The Morgan fingerprint density at radius 1 is 1.05 bits per heavy atom. The average molecular weight is 311 g/mol. The zero-order valence-electron chi connectivity index (χ0n) is 9.64. The minimum atomic E-state index is 0.390. The van der Waals surface area contributed by atoms with Gasteiger partial charge in [-0.2, -0.15) is 0 Å². The summed E-state index contributed by atoms with van der Waals surface area (Å²) in [5.74, 6) is 0.675. The van der Waals surface area contributed by atoms with Crippen molar-refractivity contribution in [2.45, 2.75) is 11.0 Å². The highest BCUT2D eigenvalue weighted by atomic mass is 35.5. The first kappa shape index (κ1) is 12.8. The number of hydrogen-bond donors (Lipinski definition) is 0. The Morgan fingerprint density at radius 2 is 1.79 bits per heavy atom. The molecule has 0 N–H and O–H groups in total. The van der Waals surface area contributed by atoms with Crippen molar-refractivity contribution >= 4 is 46.1 Å². The van der Waals surface area contributed by atoms with Crippen LogP contribution in [0.1, 0.15) is 5.56 Å². The minimum absolute atomic E-state index is 0.390. The van der Waals surface area contributed by atoms with Crippen molar-refractivity contribution in [2.75, 3.05) is 0 Å². The molecule has 0 saturated heterocycles. The van der Waals surface area contributed by atoms with Crippen LogP contribution in [-0.4, -0.2) is 9.97 Å². The predicted octanol–water partition coefficient (Wildman–Crippen LogP) is 4.82. The van der Waals surface area contributed by atoms with Crippen LogP contribution in [0.2, 0.25) is 10.3 Å². The van der Waals surface area contributed by atoms with E-state index < -0.39 is 0 Å². The first-order chi connectivity index (χ1) is 9.20. The number of pyridine rings is 1. The van der Waals surface area contributed by atoms with E-state index in [1.165, 1.54) is 11.8 Å². The van der Waals surface area contributed by atoms with Crippen LogP contribution in [0.15, 0.2) is 46.0 Å². The van der Waals surface area contributed by atoms with Gasteiger partial charge in [0.1, 0.15) is 15.8 Å². The molecule has 3 rings (SSSR count).